The van der Waals surface area contributed by atoms with Crippen molar-refractivity contribution in [2.75, 3.05) is 13.1 Å². The molecule has 0 radical (unpaired) electrons. The Morgan fingerprint density at radius 1 is 1.50 bits per heavy atom. The average molecular weight is 294 g/mol. The first-order chi connectivity index (χ1) is 9.63. The van der Waals surface area contributed by atoms with Crippen LogP contribution in [0.15, 0.2) is 11.4 Å². The van der Waals surface area contributed by atoms with Gasteiger partial charge >= 0.3 is 0 Å². The van der Waals surface area contributed by atoms with Crippen LogP contribution in [0.4, 0.5) is 0 Å². The number of carbonyl (C=O) groups is 1. The fourth-order valence-corrected chi connectivity index (χ4v) is 3.73. The van der Waals surface area contributed by atoms with Crippen LogP contribution in [0.2, 0.25) is 0 Å². The number of carbonyl (C=O) groups excluding carboxylic acids is 1. The Hall–Kier alpha value is -0.870. The molecule has 1 fully saturated rings. The average Bonchev–Trinajstić information content (AvgIpc) is 2.93. The first-order valence-corrected chi connectivity index (χ1v) is 8.62. The number of thiophene rings is 1. The topological polar surface area (TPSA) is 32.3 Å². The van der Waals surface area contributed by atoms with Gasteiger partial charge in [-0.25, -0.2) is 0 Å². The third kappa shape index (κ3) is 3.61. The van der Waals surface area contributed by atoms with Gasteiger partial charge in [0.1, 0.15) is 0 Å². The van der Waals surface area contributed by atoms with Crippen molar-refractivity contribution in [1.29, 1.82) is 0 Å². The number of hydrogen-bond acceptors (Lipinski definition) is 3. The van der Waals surface area contributed by atoms with E-state index in [-0.39, 0.29) is 11.9 Å². The van der Waals surface area contributed by atoms with Gasteiger partial charge in [0.05, 0.1) is 4.88 Å². The third-order valence-electron chi connectivity index (χ3n) is 4.04. The number of nitrogens with one attached hydrogen (secondary N) is 1. The van der Waals surface area contributed by atoms with Gasteiger partial charge in [0, 0.05) is 18.6 Å². The number of nitrogens with zero attached hydrogens (tertiary/aromatic N) is 1. The second-order valence-electron chi connectivity index (χ2n) is 5.83. The molecular formula is C16H26N2OS. The molecule has 20 heavy (non-hydrogen) atoms. The zero-order valence-corrected chi connectivity index (χ0v) is 13.6. The van der Waals surface area contributed by atoms with E-state index in [1.54, 1.807) is 11.3 Å². The van der Waals surface area contributed by atoms with E-state index in [1.807, 2.05) is 10.3 Å². The van der Waals surface area contributed by atoms with E-state index in [2.05, 4.69) is 32.2 Å². The Morgan fingerprint density at radius 2 is 2.30 bits per heavy atom. The molecule has 1 atom stereocenters. The first kappa shape index (κ1) is 15.5. The van der Waals surface area contributed by atoms with E-state index >= 15 is 0 Å². The van der Waals surface area contributed by atoms with Gasteiger partial charge in [-0.3, -0.25) is 4.79 Å². The molecule has 1 unspecified atom stereocenters. The quantitative estimate of drug-likeness (QED) is 0.903. The smallest absolute Gasteiger partial charge is 0.264 e. The van der Waals surface area contributed by atoms with Gasteiger partial charge in [-0.2, -0.15) is 0 Å². The van der Waals surface area contributed by atoms with Crippen molar-refractivity contribution < 1.29 is 4.79 Å². The van der Waals surface area contributed by atoms with Crippen LogP contribution in [0.3, 0.4) is 0 Å². The van der Waals surface area contributed by atoms with Crippen LogP contribution in [0, 0.1) is 0 Å². The molecule has 0 bridgehead atoms. The molecule has 112 valence electrons. The summed E-state index contributed by atoms with van der Waals surface area (Å²) in [4.78, 5) is 15.8. The summed E-state index contributed by atoms with van der Waals surface area (Å²) in [6.45, 7) is 8.25. The SMILES string of the molecule is CCc1ccsc1C(=O)N(CC1CCCCN1)C(C)C. The maximum Gasteiger partial charge on any atom is 0.264 e. The summed E-state index contributed by atoms with van der Waals surface area (Å²) in [7, 11) is 0. The van der Waals surface area contributed by atoms with Crippen LogP contribution in [0.25, 0.3) is 0 Å². The van der Waals surface area contributed by atoms with Crippen molar-refractivity contribution in [2.45, 2.75) is 58.5 Å². The van der Waals surface area contributed by atoms with Crippen LogP contribution in [-0.4, -0.2) is 36.0 Å². The van der Waals surface area contributed by atoms with Gasteiger partial charge in [-0.05, 0) is 56.7 Å². The van der Waals surface area contributed by atoms with Crippen LogP contribution in [-0.2, 0) is 6.42 Å². The van der Waals surface area contributed by atoms with Crippen LogP contribution < -0.4 is 5.32 Å². The minimum Gasteiger partial charge on any atom is -0.334 e. The van der Waals surface area contributed by atoms with Crippen molar-refractivity contribution in [1.82, 2.24) is 10.2 Å². The summed E-state index contributed by atoms with van der Waals surface area (Å²) in [6.07, 6.45) is 4.65. The standard InChI is InChI=1S/C16H26N2OS/c1-4-13-8-10-20-15(13)16(19)18(12(2)3)11-14-7-5-6-9-17-14/h8,10,12,14,17H,4-7,9,11H2,1-3H3. The van der Waals surface area contributed by atoms with Gasteiger partial charge in [0.2, 0.25) is 0 Å². The number of piperidine rings is 1. The van der Waals surface area contributed by atoms with Gasteiger partial charge < -0.3 is 10.2 Å². The largest absolute Gasteiger partial charge is 0.334 e. The molecule has 2 heterocycles. The molecule has 4 heteroatoms. The normalized spacial score (nSPS) is 19.3. The highest BCUT2D eigenvalue weighted by molar-refractivity contribution is 7.12. The van der Waals surface area contributed by atoms with Gasteiger partial charge in [-0.1, -0.05) is 13.3 Å². The van der Waals surface area contributed by atoms with E-state index in [9.17, 15) is 4.79 Å². The molecule has 3 nitrogen and oxygen atoms in total. The number of hydrogen-bond donors (Lipinski definition) is 1. The third-order valence-corrected chi connectivity index (χ3v) is 4.98. The Labute approximate surface area is 126 Å². The number of amides is 1. The molecule has 1 aliphatic rings. The van der Waals surface area contributed by atoms with Crippen molar-refractivity contribution in [3.63, 3.8) is 0 Å². The van der Waals surface area contributed by atoms with Crippen LogP contribution in [0.5, 0.6) is 0 Å². The summed E-state index contributed by atoms with van der Waals surface area (Å²) in [5.41, 5.74) is 1.18. The summed E-state index contributed by atoms with van der Waals surface area (Å²) in [5.74, 6) is 0.208. The van der Waals surface area contributed by atoms with Crippen LogP contribution in [0.1, 0.15) is 55.3 Å². The molecule has 1 N–H and O–H groups in total. The molecule has 1 aliphatic heterocycles. The van der Waals surface area contributed by atoms with Crippen molar-refractivity contribution >= 4 is 17.2 Å². The summed E-state index contributed by atoms with van der Waals surface area (Å²) >= 11 is 1.58. The van der Waals surface area contributed by atoms with Gasteiger partial charge in [-0.15, -0.1) is 11.3 Å². The maximum absolute atomic E-state index is 12.8. The zero-order chi connectivity index (χ0) is 14.5. The number of rotatable bonds is 5. The van der Waals surface area contributed by atoms with E-state index in [1.165, 1.54) is 24.8 Å². The molecule has 0 aliphatic carbocycles. The zero-order valence-electron chi connectivity index (χ0n) is 12.8. The Kier molecular flexibility index (Phi) is 5.61. The van der Waals surface area contributed by atoms with Crippen molar-refractivity contribution in [2.24, 2.45) is 0 Å². The molecule has 0 aromatic carbocycles. The van der Waals surface area contributed by atoms with Crippen molar-refractivity contribution in [3.05, 3.63) is 21.9 Å². The van der Waals surface area contributed by atoms with Crippen LogP contribution >= 0.6 is 11.3 Å². The monoisotopic (exact) mass is 294 g/mol. The summed E-state index contributed by atoms with van der Waals surface area (Å²) < 4.78 is 0. The first-order valence-electron chi connectivity index (χ1n) is 7.74. The van der Waals surface area contributed by atoms with E-state index in [0.717, 1.165) is 24.4 Å². The lowest BCUT2D eigenvalue weighted by molar-refractivity contribution is 0.0681. The molecule has 1 amide bonds. The summed E-state index contributed by atoms with van der Waals surface area (Å²) in [5, 5.41) is 5.57. The van der Waals surface area contributed by atoms with E-state index in [0.29, 0.717) is 6.04 Å². The van der Waals surface area contributed by atoms with Gasteiger partial charge in [0.15, 0.2) is 0 Å². The molecule has 1 aromatic heterocycles. The van der Waals surface area contributed by atoms with Crippen molar-refractivity contribution in [3.8, 4) is 0 Å². The minimum atomic E-state index is 0.208. The molecule has 0 spiro atoms. The highest BCUT2D eigenvalue weighted by atomic mass is 32.1. The predicted octanol–water partition coefficient (Wildman–Crippen LogP) is 3.30. The fourth-order valence-electron chi connectivity index (χ4n) is 2.78. The second kappa shape index (κ2) is 7.23. The highest BCUT2D eigenvalue weighted by Gasteiger charge is 2.25. The Morgan fingerprint density at radius 3 is 2.90 bits per heavy atom. The minimum absolute atomic E-state index is 0.208. The van der Waals surface area contributed by atoms with E-state index in [4.69, 9.17) is 0 Å². The second-order valence-corrected chi connectivity index (χ2v) is 6.74. The molecular weight excluding hydrogens is 268 g/mol. The van der Waals surface area contributed by atoms with Gasteiger partial charge in [0.25, 0.3) is 5.91 Å². The number of aryl methyl sites for hydroxylation is 1. The Bertz CT molecular complexity index is 435. The lowest BCUT2D eigenvalue weighted by atomic mass is 10.0. The lowest BCUT2D eigenvalue weighted by Crippen LogP contribution is -2.48. The maximum atomic E-state index is 12.8. The highest BCUT2D eigenvalue weighted by Crippen LogP contribution is 2.21. The predicted molar refractivity (Wildman–Crippen MR) is 85.5 cm³/mol. The molecule has 0 saturated carbocycles. The molecule has 2 rings (SSSR count). The fraction of sp³-hybridized carbons (Fsp3) is 0.688. The lowest BCUT2D eigenvalue weighted by Gasteiger charge is -2.33. The Balaban J connectivity index is 2.09. The summed E-state index contributed by atoms with van der Waals surface area (Å²) in [6, 6.07) is 2.79. The molecule has 1 saturated heterocycles. The van der Waals surface area contributed by atoms with E-state index < -0.39 is 0 Å². The molecule has 1 aromatic rings.